The van der Waals surface area contributed by atoms with Crippen molar-refractivity contribution in [1.82, 2.24) is 4.90 Å². The lowest BCUT2D eigenvalue weighted by Crippen LogP contribution is -2.46. The van der Waals surface area contributed by atoms with Gasteiger partial charge in [-0.3, -0.25) is 4.72 Å². The lowest BCUT2D eigenvalue weighted by Gasteiger charge is -2.36. The lowest BCUT2D eigenvalue weighted by molar-refractivity contribution is 0.0697. The number of hydrogen-bond donors (Lipinski definition) is 2. The van der Waals surface area contributed by atoms with Gasteiger partial charge in [0, 0.05) is 31.9 Å². The number of aromatic carboxylic acids is 1. The minimum Gasteiger partial charge on any atom is -0.478 e. The Labute approximate surface area is 169 Å². The van der Waals surface area contributed by atoms with Gasteiger partial charge in [0.15, 0.2) is 0 Å². The summed E-state index contributed by atoms with van der Waals surface area (Å²) in [6.45, 7) is 7.66. The summed E-state index contributed by atoms with van der Waals surface area (Å²) in [5.74, 6) is -1.80. The number of anilines is 2. The standard InChI is InChI=1S/C20H24FN3O4S/c1-3-23-8-10-24(11-9-23)18-7-6-16(13-17(18)20(25)26)22-29(27,28)19-12-15(21)5-4-14(19)2/h4-7,12-13,22H,3,8-11H2,1-2H3,(H,25,26). The van der Waals surface area contributed by atoms with Gasteiger partial charge in [0.25, 0.3) is 10.0 Å². The first-order valence-corrected chi connectivity index (χ1v) is 10.8. The van der Waals surface area contributed by atoms with Crippen LogP contribution in [0.15, 0.2) is 41.3 Å². The fourth-order valence-corrected chi connectivity index (χ4v) is 4.73. The molecule has 3 rings (SSSR count). The molecule has 0 bridgehead atoms. The average Bonchev–Trinajstić information content (AvgIpc) is 2.69. The van der Waals surface area contributed by atoms with Crippen LogP contribution in [0.1, 0.15) is 22.8 Å². The fraction of sp³-hybridized carbons (Fsp3) is 0.350. The predicted molar refractivity (Wildman–Crippen MR) is 110 cm³/mol. The van der Waals surface area contributed by atoms with Gasteiger partial charge in [-0.05, 0) is 49.4 Å². The molecule has 9 heteroatoms. The minimum atomic E-state index is -4.06. The number of sulfonamides is 1. The summed E-state index contributed by atoms with van der Waals surface area (Å²) in [7, 11) is -4.06. The number of carbonyl (C=O) groups is 1. The molecule has 0 aliphatic carbocycles. The van der Waals surface area contributed by atoms with E-state index in [2.05, 4.69) is 16.5 Å². The van der Waals surface area contributed by atoms with Gasteiger partial charge < -0.3 is 14.9 Å². The first-order valence-electron chi connectivity index (χ1n) is 9.35. The number of nitrogens with one attached hydrogen (secondary N) is 1. The van der Waals surface area contributed by atoms with Crippen LogP contribution in [0.5, 0.6) is 0 Å². The van der Waals surface area contributed by atoms with Crippen molar-refractivity contribution < 1.29 is 22.7 Å². The van der Waals surface area contributed by atoms with Crippen molar-refractivity contribution in [3.63, 3.8) is 0 Å². The average molecular weight is 421 g/mol. The van der Waals surface area contributed by atoms with Gasteiger partial charge in [0.1, 0.15) is 5.82 Å². The van der Waals surface area contributed by atoms with Gasteiger partial charge in [-0.25, -0.2) is 17.6 Å². The lowest BCUT2D eigenvalue weighted by atomic mass is 10.1. The molecule has 2 aromatic rings. The van der Waals surface area contributed by atoms with E-state index in [-0.39, 0.29) is 16.1 Å². The van der Waals surface area contributed by atoms with Gasteiger partial charge in [0.05, 0.1) is 16.1 Å². The second kappa shape index (κ2) is 8.38. The van der Waals surface area contributed by atoms with Crippen molar-refractivity contribution >= 4 is 27.4 Å². The normalized spacial score (nSPS) is 15.3. The molecule has 29 heavy (non-hydrogen) atoms. The number of nitrogens with zero attached hydrogens (tertiary/aromatic N) is 2. The predicted octanol–water partition coefficient (Wildman–Crippen LogP) is 2.78. The molecular formula is C20H24FN3O4S. The first kappa shape index (κ1) is 21.1. The molecule has 1 heterocycles. The third-order valence-corrected chi connectivity index (χ3v) is 6.60. The summed E-state index contributed by atoms with van der Waals surface area (Å²) in [5.41, 5.74) is 1.08. The monoisotopic (exact) mass is 421 g/mol. The van der Waals surface area contributed by atoms with Crippen LogP contribution in [0.25, 0.3) is 0 Å². The van der Waals surface area contributed by atoms with E-state index in [9.17, 15) is 22.7 Å². The summed E-state index contributed by atoms with van der Waals surface area (Å²) in [4.78, 5) is 15.9. The fourth-order valence-electron chi connectivity index (χ4n) is 3.43. The van der Waals surface area contributed by atoms with E-state index in [0.29, 0.717) is 24.3 Å². The van der Waals surface area contributed by atoms with E-state index >= 15 is 0 Å². The van der Waals surface area contributed by atoms with Gasteiger partial charge in [0.2, 0.25) is 0 Å². The highest BCUT2D eigenvalue weighted by molar-refractivity contribution is 7.92. The molecule has 0 atom stereocenters. The van der Waals surface area contributed by atoms with Crippen LogP contribution >= 0.6 is 0 Å². The Balaban J connectivity index is 1.89. The Morgan fingerprint density at radius 1 is 1.14 bits per heavy atom. The number of hydrogen-bond acceptors (Lipinski definition) is 5. The highest BCUT2D eigenvalue weighted by atomic mass is 32.2. The number of aryl methyl sites for hydroxylation is 1. The molecule has 0 spiro atoms. The maximum atomic E-state index is 13.5. The van der Waals surface area contributed by atoms with Crippen LogP contribution in [0.4, 0.5) is 15.8 Å². The molecule has 7 nitrogen and oxygen atoms in total. The smallest absolute Gasteiger partial charge is 0.337 e. The number of rotatable bonds is 6. The van der Waals surface area contributed by atoms with Crippen LogP contribution in [0, 0.1) is 12.7 Å². The molecule has 2 N–H and O–H groups in total. The zero-order valence-electron chi connectivity index (χ0n) is 16.4. The summed E-state index contributed by atoms with van der Waals surface area (Å²) in [5, 5.41) is 9.65. The van der Waals surface area contributed by atoms with E-state index < -0.39 is 21.8 Å². The zero-order valence-corrected chi connectivity index (χ0v) is 17.2. The maximum Gasteiger partial charge on any atom is 0.337 e. The summed E-state index contributed by atoms with van der Waals surface area (Å²) >= 11 is 0. The number of halogens is 1. The number of piperazine rings is 1. The number of carboxylic acids is 1. The SMILES string of the molecule is CCN1CCN(c2ccc(NS(=O)(=O)c3cc(F)ccc3C)cc2C(=O)O)CC1. The molecular weight excluding hydrogens is 397 g/mol. The molecule has 0 unspecified atom stereocenters. The van der Waals surface area contributed by atoms with Crippen LogP contribution in [0.2, 0.25) is 0 Å². The molecule has 1 aliphatic heterocycles. The molecule has 0 amide bonds. The van der Waals surface area contributed by atoms with Crippen LogP contribution in [0.3, 0.4) is 0 Å². The van der Waals surface area contributed by atoms with Gasteiger partial charge in [-0.15, -0.1) is 0 Å². The van der Waals surface area contributed by atoms with Gasteiger partial charge in [-0.1, -0.05) is 13.0 Å². The Morgan fingerprint density at radius 2 is 1.83 bits per heavy atom. The second-order valence-corrected chi connectivity index (χ2v) is 8.62. The molecule has 156 valence electrons. The molecule has 0 aromatic heterocycles. The number of likely N-dealkylation sites (N-methyl/N-ethyl adjacent to an activating group) is 1. The molecule has 2 aromatic carbocycles. The molecule has 0 saturated carbocycles. The van der Waals surface area contributed by atoms with Gasteiger partial charge in [-0.2, -0.15) is 0 Å². The van der Waals surface area contributed by atoms with Crippen molar-refractivity contribution in [3.05, 3.63) is 53.3 Å². The summed E-state index contributed by atoms with van der Waals surface area (Å²) < 4.78 is 41.2. The van der Waals surface area contributed by atoms with Crippen molar-refractivity contribution in [2.45, 2.75) is 18.7 Å². The third-order valence-electron chi connectivity index (χ3n) is 5.08. The Bertz CT molecular complexity index is 1020. The molecule has 1 saturated heterocycles. The van der Waals surface area contributed by atoms with Crippen molar-refractivity contribution in [2.24, 2.45) is 0 Å². The van der Waals surface area contributed by atoms with Gasteiger partial charge >= 0.3 is 5.97 Å². The second-order valence-electron chi connectivity index (χ2n) is 6.97. The van der Waals surface area contributed by atoms with Crippen molar-refractivity contribution in [2.75, 3.05) is 42.3 Å². The van der Waals surface area contributed by atoms with E-state index in [0.717, 1.165) is 25.7 Å². The van der Waals surface area contributed by atoms with Crippen LogP contribution < -0.4 is 9.62 Å². The molecule has 0 radical (unpaired) electrons. The molecule has 1 aliphatic rings. The zero-order chi connectivity index (χ0) is 21.2. The van der Waals surface area contributed by atoms with Crippen molar-refractivity contribution in [3.8, 4) is 0 Å². The van der Waals surface area contributed by atoms with Crippen molar-refractivity contribution in [1.29, 1.82) is 0 Å². The minimum absolute atomic E-state index is 0.0195. The highest BCUT2D eigenvalue weighted by Crippen LogP contribution is 2.28. The quantitative estimate of drug-likeness (QED) is 0.746. The van der Waals surface area contributed by atoms with Crippen LogP contribution in [-0.4, -0.2) is 57.1 Å². The van der Waals surface area contributed by atoms with E-state index in [1.54, 1.807) is 13.0 Å². The number of carboxylic acid groups (broad SMARTS) is 1. The highest BCUT2D eigenvalue weighted by Gasteiger charge is 2.23. The topological polar surface area (TPSA) is 90.0 Å². The Kier molecular flexibility index (Phi) is 6.09. The third kappa shape index (κ3) is 4.68. The Hall–Kier alpha value is -2.65. The first-order chi connectivity index (χ1) is 13.7. The number of benzene rings is 2. The Morgan fingerprint density at radius 3 is 2.45 bits per heavy atom. The van der Waals surface area contributed by atoms with E-state index in [1.165, 1.54) is 24.3 Å². The maximum absolute atomic E-state index is 13.5. The van der Waals surface area contributed by atoms with Crippen LogP contribution in [-0.2, 0) is 10.0 Å². The van der Waals surface area contributed by atoms with E-state index in [4.69, 9.17) is 0 Å². The summed E-state index contributed by atoms with van der Waals surface area (Å²) in [6, 6.07) is 7.95. The largest absolute Gasteiger partial charge is 0.478 e. The summed E-state index contributed by atoms with van der Waals surface area (Å²) in [6.07, 6.45) is 0. The van der Waals surface area contributed by atoms with E-state index in [1.807, 2.05) is 4.90 Å². The molecule has 1 fully saturated rings.